The SMILES string of the molecule is CCN1CCC(C2=CN3CC=C(c4ccn5cc(C)nc5c4)N=C3C=C2)CC1. The minimum absolute atomic E-state index is 0.678. The maximum atomic E-state index is 4.92. The van der Waals surface area contributed by atoms with Crippen LogP contribution in [0.1, 0.15) is 31.0 Å². The first-order valence-electron chi connectivity index (χ1n) is 10.3. The van der Waals surface area contributed by atoms with Gasteiger partial charge >= 0.3 is 0 Å². The highest BCUT2D eigenvalue weighted by molar-refractivity contribution is 6.00. The summed E-state index contributed by atoms with van der Waals surface area (Å²) in [6, 6.07) is 4.24. The smallest absolute Gasteiger partial charge is 0.137 e. The van der Waals surface area contributed by atoms with Crippen molar-refractivity contribution >= 4 is 17.2 Å². The van der Waals surface area contributed by atoms with Crippen molar-refractivity contribution in [3.8, 4) is 0 Å². The first-order chi connectivity index (χ1) is 13.7. The van der Waals surface area contributed by atoms with E-state index in [2.05, 4.69) is 68.9 Å². The molecule has 2 aromatic rings. The topological polar surface area (TPSA) is 36.1 Å². The lowest BCUT2D eigenvalue weighted by Crippen LogP contribution is -2.35. The number of pyridine rings is 1. The van der Waals surface area contributed by atoms with Gasteiger partial charge in [-0.3, -0.25) is 0 Å². The summed E-state index contributed by atoms with van der Waals surface area (Å²) in [5.41, 5.74) is 5.62. The summed E-state index contributed by atoms with van der Waals surface area (Å²) in [5, 5.41) is 0. The zero-order valence-electron chi connectivity index (χ0n) is 16.7. The molecule has 0 radical (unpaired) electrons. The molecule has 3 aliphatic rings. The highest BCUT2D eigenvalue weighted by atomic mass is 15.2. The highest BCUT2D eigenvalue weighted by Crippen LogP contribution is 2.30. The molecular weight excluding hydrogens is 346 g/mol. The number of hydrogen-bond acceptors (Lipinski definition) is 4. The van der Waals surface area contributed by atoms with Crippen LogP contribution >= 0.6 is 0 Å². The van der Waals surface area contributed by atoms with Gasteiger partial charge in [-0.05, 0) is 75.2 Å². The van der Waals surface area contributed by atoms with Gasteiger partial charge in [0.05, 0.1) is 11.4 Å². The van der Waals surface area contributed by atoms with Gasteiger partial charge in [-0.25, -0.2) is 9.98 Å². The Hall–Kier alpha value is -2.66. The summed E-state index contributed by atoms with van der Waals surface area (Å²) in [7, 11) is 0. The quantitative estimate of drug-likeness (QED) is 0.819. The highest BCUT2D eigenvalue weighted by Gasteiger charge is 2.24. The number of fused-ring (bicyclic) bond motifs is 2. The van der Waals surface area contributed by atoms with Crippen LogP contribution in [0, 0.1) is 12.8 Å². The van der Waals surface area contributed by atoms with Crippen molar-refractivity contribution in [2.24, 2.45) is 10.9 Å². The van der Waals surface area contributed by atoms with Crippen LogP contribution in [0.15, 0.2) is 59.5 Å². The molecule has 2 aromatic heterocycles. The van der Waals surface area contributed by atoms with E-state index in [1.807, 2.05) is 13.1 Å². The number of aryl methyl sites for hydroxylation is 1. The molecule has 3 aliphatic heterocycles. The van der Waals surface area contributed by atoms with Crippen molar-refractivity contribution in [3.05, 3.63) is 65.8 Å². The van der Waals surface area contributed by atoms with Crippen LogP contribution in [0.2, 0.25) is 0 Å². The first kappa shape index (κ1) is 17.4. The molecule has 0 spiro atoms. The molecule has 0 bridgehead atoms. The molecule has 28 heavy (non-hydrogen) atoms. The van der Waals surface area contributed by atoms with Gasteiger partial charge in [0, 0.05) is 30.7 Å². The molecule has 5 rings (SSSR count). The third kappa shape index (κ3) is 3.20. The van der Waals surface area contributed by atoms with Gasteiger partial charge in [-0.15, -0.1) is 0 Å². The van der Waals surface area contributed by atoms with Crippen LogP contribution in [0.3, 0.4) is 0 Å². The maximum absolute atomic E-state index is 4.92. The number of imidazole rings is 1. The van der Waals surface area contributed by atoms with E-state index in [0.717, 1.165) is 35.0 Å². The molecule has 5 heterocycles. The summed E-state index contributed by atoms with van der Waals surface area (Å²) >= 11 is 0. The number of hydrogen-bond donors (Lipinski definition) is 0. The fourth-order valence-electron chi connectivity index (χ4n) is 4.43. The van der Waals surface area contributed by atoms with Crippen LogP contribution in [0.5, 0.6) is 0 Å². The Balaban J connectivity index is 1.34. The molecular formula is C23H27N5. The Morgan fingerprint density at radius 3 is 2.86 bits per heavy atom. The second-order valence-corrected chi connectivity index (χ2v) is 7.95. The van der Waals surface area contributed by atoms with Crippen molar-refractivity contribution in [2.45, 2.75) is 26.7 Å². The van der Waals surface area contributed by atoms with Gasteiger partial charge in [-0.2, -0.15) is 0 Å². The second-order valence-electron chi connectivity index (χ2n) is 7.95. The van der Waals surface area contributed by atoms with E-state index < -0.39 is 0 Å². The van der Waals surface area contributed by atoms with Crippen LogP contribution in [-0.2, 0) is 0 Å². The van der Waals surface area contributed by atoms with Gasteiger partial charge in [-0.1, -0.05) is 13.0 Å². The van der Waals surface area contributed by atoms with Crippen molar-refractivity contribution in [2.75, 3.05) is 26.2 Å². The Labute approximate surface area is 166 Å². The van der Waals surface area contributed by atoms with Crippen molar-refractivity contribution in [3.63, 3.8) is 0 Å². The average molecular weight is 374 g/mol. The Bertz CT molecular complexity index is 1010. The molecule has 1 fully saturated rings. The van der Waals surface area contributed by atoms with E-state index in [0.29, 0.717) is 5.92 Å². The third-order valence-corrected chi connectivity index (χ3v) is 6.12. The van der Waals surface area contributed by atoms with Crippen LogP contribution in [0.25, 0.3) is 11.3 Å². The lowest BCUT2D eigenvalue weighted by molar-refractivity contribution is 0.208. The molecule has 0 atom stereocenters. The summed E-state index contributed by atoms with van der Waals surface area (Å²) in [4.78, 5) is 14.3. The predicted molar refractivity (Wildman–Crippen MR) is 114 cm³/mol. The Kier molecular flexibility index (Phi) is 4.40. The summed E-state index contributed by atoms with van der Waals surface area (Å²) in [6.07, 6.45) is 15.6. The summed E-state index contributed by atoms with van der Waals surface area (Å²) in [6.45, 7) is 8.75. The molecule has 144 valence electrons. The lowest BCUT2D eigenvalue weighted by Gasteiger charge is -2.34. The molecule has 0 N–H and O–H groups in total. The zero-order chi connectivity index (χ0) is 19.1. The molecule has 0 unspecified atom stereocenters. The molecule has 0 amide bonds. The largest absolute Gasteiger partial charge is 0.329 e. The van der Waals surface area contributed by atoms with E-state index >= 15 is 0 Å². The van der Waals surface area contributed by atoms with Crippen molar-refractivity contribution in [1.82, 2.24) is 19.2 Å². The first-order valence-corrected chi connectivity index (χ1v) is 10.3. The minimum atomic E-state index is 0.678. The number of aliphatic imine (C=N–C) groups is 1. The average Bonchev–Trinajstić information content (AvgIpc) is 3.12. The van der Waals surface area contributed by atoms with E-state index in [1.54, 1.807) is 0 Å². The van der Waals surface area contributed by atoms with Crippen LogP contribution in [-0.4, -0.2) is 51.2 Å². The molecule has 1 saturated heterocycles. The number of allylic oxidation sites excluding steroid dienone is 2. The molecule has 5 nitrogen and oxygen atoms in total. The standard InChI is InChI=1S/C23H27N5/c1-3-26-10-6-18(7-11-26)20-4-5-22-25-21(9-13-28(22)16-20)19-8-12-27-15-17(2)24-23(27)14-19/h4-5,8-9,12,14-16,18H,3,6-7,10-11,13H2,1-2H3. The van der Waals surface area contributed by atoms with Gasteiger partial charge in [0.15, 0.2) is 0 Å². The second kappa shape index (κ2) is 7.06. The lowest BCUT2D eigenvalue weighted by atomic mass is 9.88. The summed E-state index contributed by atoms with van der Waals surface area (Å²) in [5.74, 6) is 1.71. The van der Waals surface area contributed by atoms with Crippen LogP contribution < -0.4 is 0 Å². The Morgan fingerprint density at radius 2 is 2.04 bits per heavy atom. The van der Waals surface area contributed by atoms with Crippen molar-refractivity contribution < 1.29 is 0 Å². The summed E-state index contributed by atoms with van der Waals surface area (Å²) < 4.78 is 2.06. The van der Waals surface area contributed by atoms with Crippen LogP contribution in [0.4, 0.5) is 0 Å². The Morgan fingerprint density at radius 1 is 1.18 bits per heavy atom. The monoisotopic (exact) mass is 373 g/mol. The number of amidine groups is 1. The number of nitrogens with zero attached hydrogens (tertiary/aromatic N) is 5. The van der Waals surface area contributed by atoms with E-state index in [4.69, 9.17) is 4.99 Å². The van der Waals surface area contributed by atoms with Crippen molar-refractivity contribution in [1.29, 1.82) is 0 Å². The fourth-order valence-corrected chi connectivity index (χ4v) is 4.43. The third-order valence-electron chi connectivity index (χ3n) is 6.12. The fraction of sp³-hybridized carbons (Fsp3) is 0.391. The van der Waals surface area contributed by atoms with E-state index in [9.17, 15) is 0 Å². The zero-order valence-corrected chi connectivity index (χ0v) is 16.7. The number of aromatic nitrogens is 2. The van der Waals surface area contributed by atoms with E-state index in [1.165, 1.54) is 38.0 Å². The molecule has 0 aromatic carbocycles. The number of piperidine rings is 1. The maximum Gasteiger partial charge on any atom is 0.137 e. The van der Waals surface area contributed by atoms with E-state index in [-0.39, 0.29) is 0 Å². The minimum Gasteiger partial charge on any atom is -0.329 e. The van der Waals surface area contributed by atoms with Gasteiger partial charge in [0.2, 0.25) is 0 Å². The molecule has 5 heteroatoms. The van der Waals surface area contributed by atoms with Gasteiger partial charge in [0.1, 0.15) is 11.5 Å². The molecule has 0 saturated carbocycles. The number of rotatable bonds is 3. The predicted octanol–water partition coefficient (Wildman–Crippen LogP) is 3.88. The van der Waals surface area contributed by atoms with Gasteiger partial charge < -0.3 is 14.2 Å². The molecule has 0 aliphatic carbocycles. The van der Waals surface area contributed by atoms with Gasteiger partial charge in [0.25, 0.3) is 0 Å². The number of likely N-dealkylation sites (tertiary alicyclic amines) is 1. The normalized spacial score (nSPS) is 20.8.